The molecule has 1 atom stereocenters. The minimum Gasteiger partial charge on any atom is -0.480 e. The fourth-order valence-electron chi connectivity index (χ4n) is 2.20. The van der Waals surface area contributed by atoms with E-state index in [0.29, 0.717) is 12.2 Å². The van der Waals surface area contributed by atoms with Gasteiger partial charge in [-0.1, -0.05) is 13.3 Å². The number of nitrogens with zero attached hydrogens (tertiary/aromatic N) is 2. The highest BCUT2D eigenvalue weighted by Gasteiger charge is 2.21. The van der Waals surface area contributed by atoms with Crippen molar-refractivity contribution >= 4 is 11.8 Å². The zero-order valence-electron chi connectivity index (χ0n) is 9.94. The number of carbonyl (C=O) groups is 1. The van der Waals surface area contributed by atoms with Crippen LogP contribution in [0, 0.1) is 0 Å². The van der Waals surface area contributed by atoms with E-state index in [1.54, 1.807) is 0 Å². The maximum absolute atomic E-state index is 11.1. The van der Waals surface area contributed by atoms with Crippen molar-refractivity contribution in [3.8, 4) is 0 Å². The molecule has 5 heteroatoms. The van der Waals surface area contributed by atoms with E-state index in [0.717, 1.165) is 36.9 Å². The molecule has 0 aliphatic heterocycles. The Bertz CT molecular complexity index is 420. The van der Waals surface area contributed by atoms with Crippen molar-refractivity contribution in [1.82, 2.24) is 9.97 Å². The first-order chi connectivity index (χ1) is 8.22. The molecule has 0 bridgehead atoms. The number of hydrogen-bond donors (Lipinski definition) is 2. The first kappa shape index (κ1) is 11.8. The SMILES string of the molecule is CCCC(Nc1ncnc2c1CCC2)C(=O)O. The smallest absolute Gasteiger partial charge is 0.326 e. The van der Waals surface area contributed by atoms with Gasteiger partial charge in [-0.2, -0.15) is 0 Å². The van der Waals surface area contributed by atoms with Gasteiger partial charge in [0.1, 0.15) is 18.2 Å². The van der Waals surface area contributed by atoms with Crippen LogP contribution in [-0.4, -0.2) is 27.1 Å². The molecule has 5 nitrogen and oxygen atoms in total. The molecule has 1 heterocycles. The first-order valence-corrected chi connectivity index (χ1v) is 6.04. The summed E-state index contributed by atoms with van der Waals surface area (Å²) in [7, 11) is 0. The summed E-state index contributed by atoms with van der Waals surface area (Å²) >= 11 is 0. The van der Waals surface area contributed by atoms with Gasteiger partial charge in [-0.05, 0) is 25.7 Å². The van der Waals surface area contributed by atoms with Gasteiger partial charge in [0, 0.05) is 11.3 Å². The molecule has 17 heavy (non-hydrogen) atoms. The predicted molar refractivity (Wildman–Crippen MR) is 64.0 cm³/mol. The summed E-state index contributed by atoms with van der Waals surface area (Å²) < 4.78 is 0. The second kappa shape index (κ2) is 5.12. The fraction of sp³-hybridized carbons (Fsp3) is 0.583. The van der Waals surface area contributed by atoms with E-state index < -0.39 is 12.0 Å². The van der Waals surface area contributed by atoms with Crippen LogP contribution in [0.1, 0.15) is 37.4 Å². The third-order valence-electron chi connectivity index (χ3n) is 3.06. The number of hydrogen-bond acceptors (Lipinski definition) is 4. The lowest BCUT2D eigenvalue weighted by Gasteiger charge is -2.16. The molecule has 0 spiro atoms. The Labute approximate surface area is 100 Å². The van der Waals surface area contributed by atoms with Crippen LogP contribution in [0.3, 0.4) is 0 Å². The van der Waals surface area contributed by atoms with Crippen LogP contribution in [0.2, 0.25) is 0 Å². The number of aryl methyl sites for hydroxylation is 1. The lowest BCUT2D eigenvalue weighted by Crippen LogP contribution is -2.30. The molecular weight excluding hydrogens is 218 g/mol. The molecule has 2 N–H and O–H groups in total. The predicted octanol–water partition coefficient (Wildman–Crippen LogP) is 1.63. The summed E-state index contributed by atoms with van der Waals surface area (Å²) in [5.74, 6) is -0.120. The number of fused-ring (bicyclic) bond motifs is 1. The summed E-state index contributed by atoms with van der Waals surface area (Å²) in [6.07, 6.45) is 5.94. The van der Waals surface area contributed by atoms with Crippen molar-refractivity contribution in [3.05, 3.63) is 17.6 Å². The second-order valence-electron chi connectivity index (χ2n) is 4.32. The summed E-state index contributed by atoms with van der Waals surface area (Å²) in [5.41, 5.74) is 2.15. The van der Waals surface area contributed by atoms with Gasteiger partial charge < -0.3 is 10.4 Å². The van der Waals surface area contributed by atoms with Gasteiger partial charge in [-0.15, -0.1) is 0 Å². The summed E-state index contributed by atoms with van der Waals surface area (Å²) in [6, 6.07) is -0.556. The molecule has 92 valence electrons. The van der Waals surface area contributed by atoms with Crippen LogP contribution < -0.4 is 5.32 Å². The third-order valence-corrected chi connectivity index (χ3v) is 3.06. The molecule has 0 radical (unpaired) electrons. The van der Waals surface area contributed by atoms with E-state index in [1.807, 2.05) is 6.92 Å². The van der Waals surface area contributed by atoms with E-state index in [4.69, 9.17) is 5.11 Å². The van der Waals surface area contributed by atoms with Crippen molar-refractivity contribution in [2.24, 2.45) is 0 Å². The quantitative estimate of drug-likeness (QED) is 0.811. The van der Waals surface area contributed by atoms with Crippen LogP contribution in [0.5, 0.6) is 0 Å². The van der Waals surface area contributed by atoms with Crippen LogP contribution in [0.15, 0.2) is 6.33 Å². The van der Waals surface area contributed by atoms with Gasteiger partial charge in [0.05, 0.1) is 0 Å². The zero-order valence-corrected chi connectivity index (χ0v) is 9.94. The monoisotopic (exact) mass is 235 g/mol. The number of nitrogens with one attached hydrogen (secondary N) is 1. The van der Waals surface area contributed by atoms with E-state index in [9.17, 15) is 4.79 Å². The van der Waals surface area contributed by atoms with Gasteiger partial charge in [0.15, 0.2) is 0 Å². The fourth-order valence-corrected chi connectivity index (χ4v) is 2.20. The third kappa shape index (κ3) is 2.54. The van der Waals surface area contributed by atoms with E-state index >= 15 is 0 Å². The summed E-state index contributed by atoms with van der Waals surface area (Å²) in [4.78, 5) is 19.5. The van der Waals surface area contributed by atoms with Gasteiger partial charge in [-0.3, -0.25) is 0 Å². The Morgan fingerprint density at radius 2 is 2.35 bits per heavy atom. The Morgan fingerprint density at radius 3 is 3.06 bits per heavy atom. The van der Waals surface area contributed by atoms with Crippen molar-refractivity contribution in [1.29, 1.82) is 0 Å². The highest BCUT2D eigenvalue weighted by Crippen LogP contribution is 2.25. The van der Waals surface area contributed by atoms with Gasteiger partial charge in [-0.25, -0.2) is 14.8 Å². The van der Waals surface area contributed by atoms with Gasteiger partial charge in [0.2, 0.25) is 0 Å². The number of carboxylic acids is 1. The highest BCUT2D eigenvalue weighted by atomic mass is 16.4. The molecule has 1 aromatic heterocycles. The second-order valence-corrected chi connectivity index (χ2v) is 4.32. The standard InChI is InChI=1S/C12H17N3O2/c1-2-4-10(12(16)17)15-11-8-5-3-6-9(8)13-7-14-11/h7,10H,2-6H2,1H3,(H,16,17)(H,13,14,15). The molecule has 0 saturated heterocycles. The van der Waals surface area contributed by atoms with Crippen LogP contribution >= 0.6 is 0 Å². The number of carboxylic acid groups (broad SMARTS) is 1. The van der Waals surface area contributed by atoms with Crippen molar-refractivity contribution in [2.45, 2.75) is 45.1 Å². The average molecular weight is 235 g/mol. The lowest BCUT2D eigenvalue weighted by molar-refractivity contribution is -0.138. The van der Waals surface area contributed by atoms with Crippen LogP contribution in [0.25, 0.3) is 0 Å². The number of anilines is 1. The molecule has 0 fully saturated rings. The minimum atomic E-state index is -0.822. The Morgan fingerprint density at radius 1 is 1.53 bits per heavy atom. The number of aromatic nitrogens is 2. The number of aliphatic carboxylic acids is 1. The van der Waals surface area contributed by atoms with Crippen molar-refractivity contribution in [2.75, 3.05) is 5.32 Å². The average Bonchev–Trinajstić information content (AvgIpc) is 2.77. The van der Waals surface area contributed by atoms with Crippen molar-refractivity contribution < 1.29 is 9.90 Å². The summed E-state index contributed by atoms with van der Waals surface area (Å²) in [6.45, 7) is 1.97. The molecule has 0 saturated carbocycles. The molecule has 1 aliphatic rings. The minimum absolute atomic E-state index is 0.556. The highest BCUT2D eigenvalue weighted by molar-refractivity contribution is 5.77. The molecule has 1 aliphatic carbocycles. The summed E-state index contributed by atoms with van der Waals surface area (Å²) in [5, 5.41) is 12.1. The van der Waals surface area contributed by atoms with Gasteiger partial charge >= 0.3 is 5.97 Å². The zero-order chi connectivity index (χ0) is 12.3. The van der Waals surface area contributed by atoms with Crippen LogP contribution in [0.4, 0.5) is 5.82 Å². The Kier molecular flexibility index (Phi) is 3.56. The van der Waals surface area contributed by atoms with Crippen LogP contribution in [-0.2, 0) is 17.6 Å². The topological polar surface area (TPSA) is 75.1 Å². The molecule has 0 aromatic carbocycles. The maximum atomic E-state index is 11.1. The van der Waals surface area contributed by atoms with E-state index in [-0.39, 0.29) is 0 Å². The number of rotatable bonds is 5. The largest absolute Gasteiger partial charge is 0.480 e. The van der Waals surface area contributed by atoms with E-state index in [2.05, 4.69) is 15.3 Å². The first-order valence-electron chi connectivity index (χ1n) is 6.04. The maximum Gasteiger partial charge on any atom is 0.326 e. The normalized spacial score (nSPS) is 15.4. The molecule has 0 amide bonds. The van der Waals surface area contributed by atoms with Gasteiger partial charge in [0.25, 0.3) is 0 Å². The molecule has 2 rings (SSSR count). The molecule has 1 aromatic rings. The Hall–Kier alpha value is -1.65. The van der Waals surface area contributed by atoms with Crippen molar-refractivity contribution in [3.63, 3.8) is 0 Å². The molecular formula is C12H17N3O2. The van der Waals surface area contributed by atoms with E-state index in [1.165, 1.54) is 6.33 Å². The Balaban J connectivity index is 2.17. The lowest BCUT2D eigenvalue weighted by atomic mass is 10.1. The molecule has 1 unspecified atom stereocenters.